The number of carboxylic acid groups (broad SMARTS) is 1. The molecule has 0 fully saturated rings. The third-order valence-corrected chi connectivity index (χ3v) is 3.06. The molecule has 1 heterocycles. The summed E-state index contributed by atoms with van der Waals surface area (Å²) in [6, 6.07) is 4.07. The Labute approximate surface area is 128 Å². The van der Waals surface area contributed by atoms with Gasteiger partial charge in [0, 0.05) is 35.5 Å². The highest BCUT2D eigenvalue weighted by Crippen LogP contribution is 2.19. The molecule has 2 rings (SSSR count). The molecule has 7 nitrogen and oxygen atoms in total. The average Bonchev–Trinajstić information content (AvgIpc) is 2.91. The molecule has 21 heavy (non-hydrogen) atoms. The maximum Gasteiger partial charge on any atom is 0.335 e. The first-order chi connectivity index (χ1) is 10.0. The van der Waals surface area contributed by atoms with Crippen LogP contribution in [0.1, 0.15) is 16.2 Å². The molecule has 0 radical (unpaired) electrons. The molecule has 2 aromatic rings. The van der Waals surface area contributed by atoms with E-state index in [-0.39, 0.29) is 5.56 Å². The minimum atomic E-state index is -1.06. The van der Waals surface area contributed by atoms with Gasteiger partial charge >= 0.3 is 12.0 Å². The number of aromatic nitrogens is 2. The number of hydrogen-bond donors (Lipinski definition) is 4. The van der Waals surface area contributed by atoms with Crippen molar-refractivity contribution in [2.75, 3.05) is 11.9 Å². The van der Waals surface area contributed by atoms with Gasteiger partial charge in [-0.15, -0.1) is 0 Å². The fourth-order valence-corrected chi connectivity index (χ4v) is 2.18. The molecule has 0 spiro atoms. The summed E-state index contributed by atoms with van der Waals surface area (Å²) in [7, 11) is 0. The molecule has 0 saturated heterocycles. The van der Waals surface area contributed by atoms with E-state index in [0.717, 1.165) is 5.82 Å². The lowest BCUT2D eigenvalue weighted by Gasteiger charge is -2.08. The second-order valence-corrected chi connectivity index (χ2v) is 5.12. The first kappa shape index (κ1) is 15.0. The number of rotatable bonds is 5. The molecule has 4 N–H and O–H groups in total. The fraction of sp³-hybridized carbons (Fsp3) is 0.154. The second-order valence-electron chi connectivity index (χ2n) is 4.20. The molecule has 0 unspecified atom stereocenters. The van der Waals surface area contributed by atoms with Gasteiger partial charge in [0.25, 0.3) is 0 Å². The largest absolute Gasteiger partial charge is 0.478 e. The Morgan fingerprint density at radius 2 is 2.14 bits per heavy atom. The lowest BCUT2D eigenvalue weighted by molar-refractivity contribution is 0.0697. The Balaban J connectivity index is 1.88. The first-order valence-electron chi connectivity index (χ1n) is 6.11. The summed E-state index contributed by atoms with van der Waals surface area (Å²) in [4.78, 5) is 29.6. The number of urea groups is 1. The number of halogens is 1. The van der Waals surface area contributed by atoms with Gasteiger partial charge in [0.15, 0.2) is 0 Å². The number of H-pyrrole nitrogens is 1. The van der Waals surface area contributed by atoms with E-state index in [1.807, 2.05) is 0 Å². The average molecular weight is 353 g/mol. The Morgan fingerprint density at radius 1 is 1.33 bits per heavy atom. The fourth-order valence-electron chi connectivity index (χ4n) is 1.69. The van der Waals surface area contributed by atoms with Gasteiger partial charge in [-0.25, -0.2) is 14.6 Å². The van der Waals surface area contributed by atoms with Crippen molar-refractivity contribution in [3.8, 4) is 0 Å². The molecular weight excluding hydrogens is 340 g/mol. The first-order valence-corrected chi connectivity index (χ1v) is 6.91. The highest BCUT2D eigenvalue weighted by molar-refractivity contribution is 9.10. The van der Waals surface area contributed by atoms with Gasteiger partial charge < -0.3 is 20.7 Å². The summed E-state index contributed by atoms with van der Waals surface area (Å²) in [6.07, 6.45) is 3.94. The van der Waals surface area contributed by atoms with E-state index >= 15 is 0 Å². The van der Waals surface area contributed by atoms with Crippen LogP contribution in [0.15, 0.2) is 35.1 Å². The summed E-state index contributed by atoms with van der Waals surface area (Å²) >= 11 is 3.20. The predicted octanol–water partition coefficient (Wildman–Crippen LogP) is 2.23. The molecule has 1 aromatic carbocycles. The van der Waals surface area contributed by atoms with Gasteiger partial charge in [-0.2, -0.15) is 0 Å². The van der Waals surface area contributed by atoms with Crippen molar-refractivity contribution in [2.24, 2.45) is 0 Å². The third-order valence-electron chi connectivity index (χ3n) is 2.60. The molecule has 2 amide bonds. The zero-order chi connectivity index (χ0) is 15.2. The van der Waals surface area contributed by atoms with E-state index in [1.165, 1.54) is 12.1 Å². The maximum atomic E-state index is 11.7. The molecule has 1 aromatic heterocycles. The Bertz CT molecular complexity index is 643. The van der Waals surface area contributed by atoms with Crippen LogP contribution < -0.4 is 10.6 Å². The monoisotopic (exact) mass is 352 g/mol. The van der Waals surface area contributed by atoms with E-state index in [1.54, 1.807) is 18.5 Å². The van der Waals surface area contributed by atoms with E-state index in [2.05, 4.69) is 36.5 Å². The quantitative estimate of drug-likeness (QED) is 0.661. The minimum Gasteiger partial charge on any atom is -0.478 e. The summed E-state index contributed by atoms with van der Waals surface area (Å²) in [5.74, 6) is -0.275. The number of hydrogen-bond acceptors (Lipinski definition) is 3. The van der Waals surface area contributed by atoms with Crippen LogP contribution in [0.25, 0.3) is 0 Å². The number of anilines is 1. The standard InChI is InChI=1S/C13H13BrN4O3/c14-9-5-8(12(19)20)6-10(7-9)18-13(21)17-2-1-11-15-3-4-16-11/h3-7H,1-2H2,(H,15,16)(H,19,20)(H2,17,18,21). The molecule has 0 aliphatic rings. The van der Waals surface area contributed by atoms with Crippen LogP contribution >= 0.6 is 15.9 Å². The number of aromatic amines is 1. The van der Waals surface area contributed by atoms with Crippen LogP contribution in [-0.4, -0.2) is 33.6 Å². The van der Waals surface area contributed by atoms with Crippen LogP contribution in [0.3, 0.4) is 0 Å². The third kappa shape index (κ3) is 4.60. The number of carbonyl (C=O) groups excluding carboxylic acids is 1. The summed E-state index contributed by atoms with van der Waals surface area (Å²) in [6.45, 7) is 0.416. The zero-order valence-corrected chi connectivity index (χ0v) is 12.5. The predicted molar refractivity (Wildman–Crippen MR) is 80.4 cm³/mol. The smallest absolute Gasteiger partial charge is 0.335 e. The lowest BCUT2D eigenvalue weighted by Crippen LogP contribution is -2.30. The topological polar surface area (TPSA) is 107 Å². The van der Waals surface area contributed by atoms with Crippen molar-refractivity contribution in [2.45, 2.75) is 6.42 Å². The number of aromatic carboxylic acids is 1. The highest BCUT2D eigenvalue weighted by atomic mass is 79.9. The van der Waals surface area contributed by atoms with Crippen LogP contribution in [0.4, 0.5) is 10.5 Å². The zero-order valence-electron chi connectivity index (χ0n) is 10.9. The van der Waals surface area contributed by atoms with Crippen molar-refractivity contribution in [1.29, 1.82) is 0 Å². The molecule has 8 heteroatoms. The Kier molecular flexibility index (Phi) is 4.94. The van der Waals surface area contributed by atoms with Crippen molar-refractivity contribution < 1.29 is 14.7 Å². The SMILES string of the molecule is O=C(NCCc1ncc[nH]1)Nc1cc(Br)cc(C(=O)O)c1. The number of carbonyl (C=O) groups is 2. The van der Waals surface area contributed by atoms with Crippen molar-refractivity contribution in [3.63, 3.8) is 0 Å². The number of amides is 2. The van der Waals surface area contributed by atoms with E-state index in [9.17, 15) is 9.59 Å². The minimum absolute atomic E-state index is 0.0928. The molecule has 0 atom stereocenters. The molecule has 0 bridgehead atoms. The highest BCUT2D eigenvalue weighted by Gasteiger charge is 2.08. The van der Waals surface area contributed by atoms with Crippen molar-refractivity contribution in [3.05, 3.63) is 46.5 Å². The van der Waals surface area contributed by atoms with Gasteiger partial charge in [-0.1, -0.05) is 15.9 Å². The van der Waals surface area contributed by atoms with E-state index in [0.29, 0.717) is 23.1 Å². The number of nitrogens with zero attached hydrogens (tertiary/aromatic N) is 1. The van der Waals surface area contributed by atoms with E-state index < -0.39 is 12.0 Å². The summed E-state index contributed by atoms with van der Waals surface area (Å²) < 4.78 is 0.577. The van der Waals surface area contributed by atoms with E-state index in [4.69, 9.17) is 5.11 Å². The van der Waals surface area contributed by atoms with Crippen LogP contribution in [0, 0.1) is 0 Å². The molecule has 0 aliphatic carbocycles. The van der Waals surface area contributed by atoms with Crippen LogP contribution in [0.5, 0.6) is 0 Å². The molecule has 110 valence electrons. The number of imidazole rings is 1. The summed E-state index contributed by atoms with van der Waals surface area (Å²) in [5.41, 5.74) is 0.493. The second kappa shape index (κ2) is 6.89. The van der Waals surface area contributed by atoms with Gasteiger partial charge in [0.1, 0.15) is 5.82 Å². The lowest BCUT2D eigenvalue weighted by atomic mass is 10.2. The maximum absolute atomic E-state index is 11.7. The molecule has 0 aliphatic heterocycles. The van der Waals surface area contributed by atoms with Crippen molar-refractivity contribution in [1.82, 2.24) is 15.3 Å². The van der Waals surface area contributed by atoms with Crippen LogP contribution in [-0.2, 0) is 6.42 Å². The summed E-state index contributed by atoms with van der Waals surface area (Å²) in [5, 5.41) is 14.2. The van der Waals surface area contributed by atoms with Gasteiger partial charge in [0.2, 0.25) is 0 Å². The van der Waals surface area contributed by atoms with Gasteiger partial charge in [-0.3, -0.25) is 0 Å². The normalized spacial score (nSPS) is 10.1. The Hall–Kier alpha value is -2.35. The molecular formula is C13H13BrN4O3. The van der Waals surface area contributed by atoms with Gasteiger partial charge in [-0.05, 0) is 18.2 Å². The number of nitrogens with one attached hydrogen (secondary N) is 3. The molecule has 0 saturated carbocycles. The number of carboxylic acids is 1. The van der Waals surface area contributed by atoms with Crippen molar-refractivity contribution >= 4 is 33.6 Å². The Morgan fingerprint density at radius 3 is 2.81 bits per heavy atom. The van der Waals surface area contributed by atoms with Gasteiger partial charge in [0.05, 0.1) is 5.56 Å². The number of benzene rings is 1. The van der Waals surface area contributed by atoms with Crippen LogP contribution in [0.2, 0.25) is 0 Å².